The lowest BCUT2D eigenvalue weighted by Crippen LogP contribution is -2.54. The standard InChI is InChI=1S/C19H30N4O7/c1-10(2)7-15(18(29)21-13(9-24)8-16(26)27)23-6-5-14(19(23)30)22-17(28)11(3)20-12(4)25/h9-11,13-15H,5-8H2,1-4H3,(H,20,25)(H,21,29)(H,22,28)(H,26,27)/t11-,13-,14+,15-/m0/s1. The molecular weight excluding hydrogens is 396 g/mol. The Morgan fingerprint density at radius 3 is 2.30 bits per heavy atom. The molecule has 0 bridgehead atoms. The Labute approximate surface area is 174 Å². The van der Waals surface area contributed by atoms with E-state index in [-0.39, 0.29) is 24.8 Å². The van der Waals surface area contributed by atoms with E-state index in [1.54, 1.807) is 0 Å². The summed E-state index contributed by atoms with van der Waals surface area (Å²) in [6.45, 7) is 6.71. The van der Waals surface area contributed by atoms with Crippen molar-refractivity contribution in [1.82, 2.24) is 20.9 Å². The minimum atomic E-state index is -1.24. The number of aldehydes is 1. The highest BCUT2D eigenvalue weighted by Crippen LogP contribution is 2.20. The fourth-order valence-corrected chi connectivity index (χ4v) is 3.24. The number of carboxylic acids is 1. The van der Waals surface area contributed by atoms with E-state index in [9.17, 15) is 28.8 Å². The van der Waals surface area contributed by atoms with Crippen LogP contribution in [0, 0.1) is 5.92 Å². The topological polar surface area (TPSA) is 162 Å². The third kappa shape index (κ3) is 7.45. The Morgan fingerprint density at radius 2 is 1.80 bits per heavy atom. The second-order valence-electron chi connectivity index (χ2n) is 7.80. The molecule has 0 saturated carbocycles. The van der Waals surface area contributed by atoms with Gasteiger partial charge < -0.3 is 30.8 Å². The lowest BCUT2D eigenvalue weighted by Gasteiger charge is -2.29. The van der Waals surface area contributed by atoms with Gasteiger partial charge in [-0.15, -0.1) is 0 Å². The number of carbonyl (C=O) groups excluding carboxylic acids is 5. The molecular formula is C19H30N4O7. The zero-order valence-electron chi connectivity index (χ0n) is 17.6. The van der Waals surface area contributed by atoms with Crippen LogP contribution in [-0.4, -0.2) is 76.6 Å². The third-order valence-electron chi connectivity index (χ3n) is 4.63. The van der Waals surface area contributed by atoms with Crippen molar-refractivity contribution in [2.24, 2.45) is 5.92 Å². The number of hydrogen-bond acceptors (Lipinski definition) is 6. The van der Waals surface area contributed by atoms with Gasteiger partial charge in [0.15, 0.2) is 0 Å². The molecule has 1 fully saturated rings. The van der Waals surface area contributed by atoms with Crippen LogP contribution >= 0.6 is 0 Å². The maximum absolute atomic E-state index is 12.8. The molecule has 0 aromatic carbocycles. The number of carbonyl (C=O) groups is 6. The molecule has 1 aliphatic heterocycles. The highest BCUT2D eigenvalue weighted by Gasteiger charge is 2.40. The number of amides is 4. The summed E-state index contributed by atoms with van der Waals surface area (Å²) >= 11 is 0. The fraction of sp³-hybridized carbons (Fsp3) is 0.684. The van der Waals surface area contributed by atoms with Crippen LogP contribution in [0.2, 0.25) is 0 Å². The number of nitrogens with one attached hydrogen (secondary N) is 3. The summed E-state index contributed by atoms with van der Waals surface area (Å²) in [5.74, 6) is -3.15. The Bertz CT molecular complexity index is 694. The van der Waals surface area contributed by atoms with Gasteiger partial charge in [-0.05, 0) is 25.7 Å². The van der Waals surface area contributed by atoms with Gasteiger partial charge in [-0.25, -0.2) is 0 Å². The van der Waals surface area contributed by atoms with Crippen LogP contribution in [0.4, 0.5) is 0 Å². The molecule has 168 valence electrons. The predicted molar refractivity (Wildman–Crippen MR) is 105 cm³/mol. The number of nitrogens with zero attached hydrogens (tertiary/aromatic N) is 1. The summed E-state index contributed by atoms with van der Waals surface area (Å²) in [4.78, 5) is 72.1. The maximum Gasteiger partial charge on any atom is 0.305 e. The zero-order chi connectivity index (χ0) is 23.0. The summed E-state index contributed by atoms with van der Waals surface area (Å²) < 4.78 is 0. The molecule has 11 nitrogen and oxygen atoms in total. The normalized spacial score (nSPS) is 19.0. The zero-order valence-corrected chi connectivity index (χ0v) is 17.6. The van der Waals surface area contributed by atoms with Gasteiger partial charge in [0, 0.05) is 13.5 Å². The van der Waals surface area contributed by atoms with Crippen molar-refractivity contribution in [2.45, 2.75) is 71.1 Å². The van der Waals surface area contributed by atoms with E-state index in [0.29, 0.717) is 12.7 Å². The van der Waals surface area contributed by atoms with Gasteiger partial charge in [-0.1, -0.05) is 13.8 Å². The molecule has 0 radical (unpaired) electrons. The SMILES string of the molecule is CC(=O)N[C@@H](C)C(=O)N[C@@H]1CCN([C@@H](CC(C)C)C(=O)N[C@H](C=O)CC(=O)O)C1=O. The Balaban J connectivity index is 2.87. The molecule has 4 N–H and O–H groups in total. The van der Waals surface area contributed by atoms with Crippen LogP contribution in [0.15, 0.2) is 0 Å². The number of hydrogen-bond donors (Lipinski definition) is 4. The molecule has 0 aromatic rings. The molecule has 30 heavy (non-hydrogen) atoms. The van der Waals surface area contributed by atoms with Crippen molar-refractivity contribution < 1.29 is 33.9 Å². The van der Waals surface area contributed by atoms with Crippen LogP contribution in [0.3, 0.4) is 0 Å². The van der Waals surface area contributed by atoms with Gasteiger partial charge in [-0.2, -0.15) is 0 Å². The van der Waals surface area contributed by atoms with Crippen LogP contribution in [0.5, 0.6) is 0 Å². The number of likely N-dealkylation sites (tertiary alicyclic amines) is 1. The molecule has 11 heteroatoms. The summed E-state index contributed by atoms with van der Waals surface area (Å²) in [5, 5.41) is 16.2. The van der Waals surface area contributed by atoms with Crippen LogP contribution in [-0.2, 0) is 28.8 Å². The first-order chi connectivity index (χ1) is 14.0. The molecule has 1 saturated heterocycles. The van der Waals surface area contributed by atoms with E-state index in [2.05, 4.69) is 16.0 Å². The van der Waals surface area contributed by atoms with E-state index >= 15 is 0 Å². The van der Waals surface area contributed by atoms with Gasteiger partial charge in [-0.3, -0.25) is 24.0 Å². The summed E-state index contributed by atoms with van der Waals surface area (Å²) in [6.07, 6.45) is 0.374. The van der Waals surface area contributed by atoms with Gasteiger partial charge >= 0.3 is 5.97 Å². The third-order valence-corrected chi connectivity index (χ3v) is 4.63. The maximum atomic E-state index is 12.8. The monoisotopic (exact) mass is 426 g/mol. The first-order valence-electron chi connectivity index (χ1n) is 9.81. The highest BCUT2D eigenvalue weighted by atomic mass is 16.4. The molecule has 1 aliphatic rings. The van der Waals surface area contributed by atoms with Gasteiger partial charge in [0.2, 0.25) is 23.6 Å². The van der Waals surface area contributed by atoms with E-state index in [4.69, 9.17) is 5.11 Å². The van der Waals surface area contributed by atoms with E-state index in [0.717, 1.165) is 0 Å². The van der Waals surface area contributed by atoms with Crippen molar-refractivity contribution in [3.8, 4) is 0 Å². The Hall–Kier alpha value is -2.98. The Kier molecular flexibility index (Phi) is 9.41. The molecule has 1 rings (SSSR count). The lowest BCUT2D eigenvalue weighted by atomic mass is 10.0. The smallest absolute Gasteiger partial charge is 0.305 e. The van der Waals surface area contributed by atoms with Crippen molar-refractivity contribution in [1.29, 1.82) is 0 Å². The molecule has 0 spiro atoms. The number of carboxylic acid groups (broad SMARTS) is 1. The second kappa shape index (κ2) is 11.3. The molecule has 0 unspecified atom stereocenters. The average Bonchev–Trinajstić information content (AvgIpc) is 2.98. The summed E-state index contributed by atoms with van der Waals surface area (Å²) in [6, 6.07) is -3.75. The minimum Gasteiger partial charge on any atom is -0.481 e. The first-order valence-corrected chi connectivity index (χ1v) is 9.81. The van der Waals surface area contributed by atoms with Gasteiger partial charge in [0.1, 0.15) is 24.4 Å². The van der Waals surface area contributed by atoms with Crippen molar-refractivity contribution in [3.63, 3.8) is 0 Å². The van der Waals surface area contributed by atoms with Crippen LogP contribution in [0.25, 0.3) is 0 Å². The highest BCUT2D eigenvalue weighted by molar-refractivity contribution is 5.95. The fourth-order valence-electron chi connectivity index (χ4n) is 3.24. The largest absolute Gasteiger partial charge is 0.481 e. The number of aliphatic carboxylic acids is 1. The van der Waals surface area contributed by atoms with Crippen LogP contribution < -0.4 is 16.0 Å². The predicted octanol–water partition coefficient (Wildman–Crippen LogP) is -1.20. The lowest BCUT2D eigenvalue weighted by molar-refractivity contribution is -0.142. The van der Waals surface area contributed by atoms with Crippen molar-refractivity contribution in [3.05, 3.63) is 0 Å². The molecule has 1 heterocycles. The molecule has 4 atom stereocenters. The average molecular weight is 426 g/mol. The number of rotatable bonds is 11. The summed E-state index contributed by atoms with van der Waals surface area (Å²) in [5.41, 5.74) is 0. The quantitative estimate of drug-likeness (QED) is 0.302. The van der Waals surface area contributed by atoms with Crippen molar-refractivity contribution >= 4 is 35.9 Å². The van der Waals surface area contributed by atoms with E-state index < -0.39 is 54.3 Å². The molecule has 0 aromatic heterocycles. The molecule has 4 amide bonds. The van der Waals surface area contributed by atoms with Gasteiger partial charge in [0.25, 0.3) is 0 Å². The van der Waals surface area contributed by atoms with Crippen LogP contribution in [0.1, 0.15) is 47.0 Å². The Morgan fingerprint density at radius 1 is 1.17 bits per heavy atom. The first kappa shape index (κ1) is 25.1. The second-order valence-corrected chi connectivity index (χ2v) is 7.80. The van der Waals surface area contributed by atoms with Crippen molar-refractivity contribution in [2.75, 3.05) is 6.54 Å². The van der Waals surface area contributed by atoms with E-state index in [1.165, 1.54) is 18.7 Å². The summed E-state index contributed by atoms with van der Waals surface area (Å²) in [7, 11) is 0. The van der Waals surface area contributed by atoms with E-state index in [1.807, 2.05) is 13.8 Å². The molecule has 0 aliphatic carbocycles. The minimum absolute atomic E-state index is 0.0381. The van der Waals surface area contributed by atoms with Gasteiger partial charge in [0.05, 0.1) is 12.5 Å².